The number of rotatable bonds is 9. The van der Waals surface area contributed by atoms with Crippen LogP contribution in [0.25, 0.3) is 11.1 Å². The van der Waals surface area contributed by atoms with Gasteiger partial charge in [-0.05, 0) is 47.2 Å². The summed E-state index contributed by atoms with van der Waals surface area (Å²) >= 11 is 0. The second kappa shape index (κ2) is 11.3. The first-order valence-corrected chi connectivity index (χ1v) is 15.5. The van der Waals surface area contributed by atoms with Crippen LogP contribution in [-0.2, 0) is 20.8 Å². The van der Waals surface area contributed by atoms with Gasteiger partial charge in [-0.1, -0.05) is 39.8 Å². The standard InChI is InChI=1S/C32H44N6O6/c1-15(2)25(13-39)33-27(41)23-11-31(43)19-9-17(5-7-21(19)35-29(31)37-23)18-6-8-22-20(10-18)32(44)12-24(38-30(32)36-22)28(42)34-26(14-40)16(3)4/h5-10,15-16,23-26,29-30,35-40,43-44H,11-14H2,1-4H3,(H,33,41)(H,34,42)/t23-,24-,25-,26-,29?,30?,31+,32+/m0/s1. The minimum Gasteiger partial charge on any atom is -0.394 e. The maximum Gasteiger partial charge on any atom is 0.237 e. The van der Waals surface area contributed by atoms with E-state index >= 15 is 0 Å². The molecule has 2 unspecified atom stereocenters. The normalized spacial score (nSPS) is 31.0. The number of hydrogen-bond donors (Lipinski definition) is 10. The zero-order chi connectivity index (χ0) is 31.6. The van der Waals surface area contributed by atoms with Gasteiger partial charge in [0.05, 0.1) is 37.4 Å². The number of amides is 2. The van der Waals surface area contributed by atoms with Crippen molar-refractivity contribution in [2.75, 3.05) is 23.8 Å². The van der Waals surface area contributed by atoms with E-state index in [-0.39, 0.29) is 61.8 Å². The van der Waals surface area contributed by atoms with Gasteiger partial charge in [0.25, 0.3) is 0 Å². The maximum atomic E-state index is 13.0. The van der Waals surface area contributed by atoms with E-state index in [9.17, 15) is 30.0 Å². The van der Waals surface area contributed by atoms with Crippen LogP contribution in [0, 0.1) is 11.8 Å². The smallest absolute Gasteiger partial charge is 0.237 e. The molecule has 2 aromatic rings. The molecular formula is C32H44N6O6. The summed E-state index contributed by atoms with van der Waals surface area (Å²) in [4.78, 5) is 26.0. The molecule has 238 valence electrons. The largest absolute Gasteiger partial charge is 0.394 e. The van der Waals surface area contributed by atoms with E-state index in [1.807, 2.05) is 64.1 Å². The predicted octanol–water partition coefficient (Wildman–Crippen LogP) is 0.222. The number of nitrogens with one attached hydrogen (secondary N) is 6. The van der Waals surface area contributed by atoms with Crippen molar-refractivity contribution >= 4 is 23.2 Å². The molecule has 2 saturated heterocycles. The van der Waals surface area contributed by atoms with Gasteiger partial charge in [-0.3, -0.25) is 20.2 Å². The SMILES string of the molecule is CC(C)[C@H](CO)NC(=O)[C@@H]1C[C@@]2(O)c3cc(-c4ccc5c(c4)[C@]4(O)C[C@@H](C(=O)N[C@@H](CO)C(C)C)NC4N5)ccc3NC2N1. The number of carbonyl (C=O) groups excluding carboxylic acids is 2. The van der Waals surface area contributed by atoms with Crippen LogP contribution in [0.4, 0.5) is 11.4 Å². The quantitative estimate of drug-likeness (QED) is 0.189. The van der Waals surface area contributed by atoms with Gasteiger partial charge < -0.3 is 41.7 Å². The molecule has 10 N–H and O–H groups in total. The van der Waals surface area contributed by atoms with Gasteiger partial charge in [-0.15, -0.1) is 0 Å². The van der Waals surface area contributed by atoms with Gasteiger partial charge in [0.15, 0.2) is 0 Å². The topological polar surface area (TPSA) is 187 Å². The van der Waals surface area contributed by atoms with Crippen LogP contribution >= 0.6 is 0 Å². The molecule has 0 aliphatic carbocycles. The Balaban J connectivity index is 1.21. The first kappa shape index (κ1) is 30.8. The fourth-order valence-corrected chi connectivity index (χ4v) is 6.98. The third-order valence-corrected chi connectivity index (χ3v) is 9.92. The Labute approximate surface area is 257 Å². The Hall–Kier alpha value is -3.26. The summed E-state index contributed by atoms with van der Waals surface area (Å²) in [6, 6.07) is 9.56. The fraction of sp³-hybridized carbons (Fsp3) is 0.562. The molecule has 2 fully saturated rings. The highest BCUT2D eigenvalue weighted by molar-refractivity contribution is 5.85. The fourth-order valence-electron chi connectivity index (χ4n) is 6.98. The summed E-state index contributed by atoms with van der Waals surface area (Å²) < 4.78 is 0. The van der Waals surface area contributed by atoms with Crippen LogP contribution in [-0.4, -0.2) is 82.0 Å². The second-order valence-corrected chi connectivity index (χ2v) is 13.5. The zero-order valence-electron chi connectivity index (χ0n) is 25.5. The molecule has 0 saturated carbocycles. The van der Waals surface area contributed by atoms with Crippen molar-refractivity contribution in [1.82, 2.24) is 21.3 Å². The minimum atomic E-state index is -1.32. The third-order valence-electron chi connectivity index (χ3n) is 9.92. The molecule has 4 aliphatic heterocycles. The monoisotopic (exact) mass is 608 g/mol. The first-order valence-electron chi connectivity index (χ1n) is 15.5. The van der Waals surface area contributed by atoms with Crippen LogP contribution in [0.3, 0.4) is 0 Å². The van der Waals surface area contributed by atoms with Crippen molar-refractivity contribution in [2.24, 2.45) is 11.8 Å². The van der Waals surface area contributed by atoms with Crippen molar-refractivity contribution in [3.8, 4) is 11.1 Å². The van der Waals surface area contributed by atoms with Crippen LogP contribution in [0.5, 0.6) is 0 Å². The number of carbonyl (C=O) groups is 2. The molecule has 0 aromatic heterocycles. The molecule has 44 heavy (non-hydrogen) atoms. The van der Waals surface area contributed by atoms with Crippen LogP contribution in [0.15, 0.2) is 36.4 Å². The Morgan fingerprint density at radius 1 is 0.750 bits per heavy atom. The van der Waals surface area contributed by atoms with Gasteiger partial charge in [-0.25, -0.2) is 0 Å². The summed E-state index contributed by atoms with van der Waals surface area (Å²) in [5.74, 6) is -0.391. The molecule has 8 atom stereocenters. The molecule has 0 spiro atoms. The number of fused-ring (bicyclic) bond motifs is 6. The Morgan fingerprint density at radius 3 is 1.48 bits per heavy atom. The van der Waals surface area contributed by atoms with Crippen molar-refractivity contribution in [1.29, 1.82) is 0 Å². The average molecular weight is 609 g/mol. The first-order chi connectivity index (χ1) is 20.9. The van der Waals surface area contributed by atoms with Gasteiger partial charge in [0.2, 0.25) is 11.8 Å². The lowest BCUT2D eigenvalue weighted by atomic mass is 9.86. The Bertz CT molecular complexity index is 1340. The highest BCUT2D eigenvalue weighted by Crippen LogP contribution is 2.49. The zero-order valence-corrected chi connectivity index (χ0v) is 25.5. The lowest BCUT2D eigenvalue weighted by Gasteiger charge is -2.24. The summed E-state index contributed by atoms with van der Waals surface area (Å²) in [6.45, 7) is 7.39. The van der Waals surface area contributed by atoms with Crippen molar-refractivity contribution in [3.05, 3.63) is 47.5 Å². The molecule has 0 radical (unpaired) electrons. The van der Waals surface area contributed by atoms with Gasteiger partial charge in [-0.2, -0.15) is 0 Å². The molecule has 4 heterocycles. The summed E-state index contributed by atoms with van der Waals surface area (Å²) in [5.41, 5.74) is 1.96. The summed E-state index contributed by atoms with van der Waals surface area (Å²) in [6.07, 6.45) is -0.756. The molecule has 2 aromatic carbocycles. The molecule has 12 nitrogen and oxygen atoms in total. The van der Waals surface area contributed by atoms with E-state index in [1.54, 1.807) is 0 Å². The van der Waals surface area contributed by atoms with Crippen molar-refractivity contribution < 1.29 is 30.0 Å². The van der Waals surface area contributed by atoms with Crippen molar-refractivity contribution in [3.63, 3.8) is 0 Å². The number of hydrogen-bond acceptors (Lipinski definition) is 10. The second-order valence-electron chi connectivity index (χ2n) is 13.5. The molecular weight excluding hydrogens is 564 g/mol. The third kappa shape index (κ3) is 5.03. The average Bonchev–Trinajstić information content (AvgIpc) is 3.66. The van der Waals surface area contributed by atoms with Crippen LogP contribution < -0.4 is 31.9 Å². The van der Waals surface area contributed by atoms with Crippen molar-refractivity contribution in [2.45, 2.75) is 88.2 Å². The Kier molecular flexibility index (Phi) is 7.88. The minimum absolute atomic E-state index is 0.0664. The van der Waals surface area contributed by atoms with E-state index in [0.29, 0.717) is 11.1 Å². The molecule has 0 bridgehead atoms. The van der Waals surface area contributed by atoms with Gasteiger partial charge >= 0.3 is 0 Å². The molecule has 12 heteroatoms. The summed E-state index contributed by atoms with van der Waals surface area (Å²) in [7, 11) is 0. The predicted molar refractivity (Wildman–Crippen MR) is 165 cm³/mol. The molecule has 6 rings (SSSR count). The Morgan fingerprint density at radius 2 is 1.14 bits per heavy atom. The number of anilines is 2. The van der Waals surface area contributed by atoms with E-state index < -0.39 is 35.6 Å². The molecule has 4 aliphatic rings. The van der Waals surface area contributed by atoms with Gasteiger partial charge in [0.1, 0.15) is 23.5 Å². The number of benzene rings is 2. The highest BCUT2D eigenvalue weighted by atomic mass is 16.3. The number of aliphatic hydroxyl groups is 4. The van der Waals surface area contributed by atoms with E-state index in [2.05, 4.69) is 31.9 Å². The lowest BCUT2D eigenvalue weighted by Crippen LogP contribution is -2.50. The number of aliphatic hydroxyl groups excluding tert-OH is 2. The van der Waals surface area contributed by atoms with Gasteiger partial charge in [0, 0.05) is 35.3 Å². The maximum absolute atomic E-state index is 13.0. The van der Waals surface area contributed by atoms with E-state index in [0.717, 1.165) is 22.5 Å². The van der Waals surface area contributed by atoms with E-state index in [4.69, 9.17) is 0 Å². The molecule has 2 amide bonds. The lowest BCUT2D eigenvalue weighted by molar-refractivity contribution is -0.125. The highest BCUT2D eigenvalue weighted by Gasteiger charge is 2.55. The van der Waals surface area contributed by atoms with E-state index in [1.165, 1.54) is 0 Å². The summed E-state index contributed by atoms with van der Waals surface area (Å²) in [5, 5.41) is 61.8. The van der Waals surface area contributed by atoms with Crippen LogP contribution in [0.2, 0.25) is 0 Å². The van der Waals surface area contributed by atoms with Crippen LogP contribution in [0.1, 0.15) is 51.7 Å².